The summed E-state index contributed by atoms with van der Waals surface area (Å²) in [5.41, 5.74) is 1.43. The summed E-state index contributed by atoms with van der Waals surface area (Å²) in [7, 11) is 0. The number of rotatable bonds is 7. The molecule has 0 bridgehead atoms. The van der Waals surface area contributed by atoms with E-state index in [1.54, 1.807) is 0 Å². The molecule has 4 heteroatoms. The van der Waals surface area contributed by atoms with E-state index >= 15 is 0 Å². The fourth-order valence-corrected chi connectivity index (χ4v) is 1.15. The molecule has 3 N–H and O–H groups in total. The number of carbonyl (C=O) groups excluding carboxylic acids is 1. The maximum atomic E-state index is 10.6. The lowest BCUT2D eigenvalue weighted by atomic mass is 10.1. The van der Waals surface area contributed by atoms with E-state index in [1.807, 2.05) is 0 Å². The summed E-state index contributed by atoms with van der Waals surface area (Å²) in [5, 5.41) is 17.3. The van der Waals surface area contributed by atoms with Gasteiger partial charge in [0.25, 0.3) is 5.91 Å². The van der Waals surface area contributed by atoms with Crippen molar-refractivity contribution < 1.29 is 15.1 Å². The lowest BCUT2D eigenvalue weighted by Gasteiger charge is -2.07. The number of unbranched alkanes of at least 4 members (excludes halogenated alkanes) is 4. The van der Waals surface area contributed by atoms with Gasteiger partial charge in [0.2, 0.25) is 0 Å². The van der Waals surface area contributed by atoms with Crippen LogP contribution in [0.5, 0.6) is 0 Å². The first-order valence-corrected chi connectivity index (χ1v) is 4.84. The summed E-state index contributed by atoms with van der Waals surface area (Å²) < 4.78 is 0. The van der Waals surface area contributed by atoms with Crippen molar-refractivity contribution in [3.63, 3.8) is 0 Å². The number of hydrogen-bond acceptors (Lipinski definition) is 3. The number of hydrogen-bond donors (Lipinski definition) is 3. The molecule has 0 aliphatic rings. The van der Waals surface area contributed by atoms with Crippen molar-refractivity contribution in [2.24, 2.45) is 0 Å². The van der Waals surface area contributed by atoms with Crippen molar-refractivity contribution in [3.8, 4) is 0 Å². The van der Waals surface area contributed by atoms with Gasteiger partial charge in [0.15, 0.2) is 0 Å². The average Bonchev–Trinajstić information content (AvgIpc) is 2.16. The van der Waals surface area contributed by atoms with Crippen LogP contribution in [0.4, 0.5) is 0 Å². The smallest absolute Gasteiger partial charge is 0.272 e. The number of nitrogens with one attached hydrogen (secondary N) is 1. The fraction of sp³-hybridized carbons (Fsp3) is 0.889. The summed E-state index contributed by atoms with van der Waals surface area (Å²) in [4.78, 5) is 10.6. The summed E-state index contributed by atoms with van der Waals surface area (Å²) >= 11 is 0. The summed E-state index contributed by atoms with van der Waals surface area (Å²) in [5.74, 6) is -0.713. The topological polar surface area (TPSA) is 69.6 Å². The van der Waals surface area contributed by atoms with Crippen LogP contribution in [-0.2, 0) is 4.79 Å². The molecular weight excluding hydrogens is 170 g/mol. The van der Waals surface area contributed by atoms with Gasteiger partial charge >= 0.3 is 0 Å². The first kappa shape index (κ1) is 12.4. The predicted octanol–water partition coefficient (Wildman–Crippen LogP) is 1.21. The van der Waals surface area contributed by atoms with E-state index in [-0.39, 0.29) is 0 Å². The van der Waals surface area contributed by atoms with E-state index in [1.165, 1.54) is 18.3 Å². The molecule has 78 valence electrons. The molecular formula is C9H19NO3. The highest BCUT2D eigenvalue weighted by Gasteiger charge is 2.12. The van der Waals surface area contributed by atoms with Crippen LogP contribution < -0.4 is 5.48 Å². The zero-order chi connectivity index (χ0) is 10.1. The standard InChI is InChI=1S/C9H19NO3/c1-2-3-4-5-6-7-8(11)9(12)10-13/h8,11,13H,2-7H2,1H3,(H,10,12). The van der Waals surface area contributed by atoms with Gasteiger partial charge in [0.1, 0.15) is 6.10 Å². The molecule has 0 saturated heterocycles. The highest BCUT2D eigenvalue weighted by molar-refractivity contribution is 5.79. The third-order valence-electron chi connectivity index (χ3n) is 1.99. The molecule has 0 radical (unpaired) electrons. The average molecular weight is 189 g/mol. The first-order chi connectivity index (χ1) is 6.22. The summed E-state index contributed by atoms with van der Waals surface area (Å²) in [6.07, 6.45) is 4.74. The molecule has 1 amide bonds. The Morgan fingerprint density at radius 3 is 2.46 bits per heavy atom. The second-order valence-electron chi connectivity index (χ2n) is 3.19. The predicted molar refractivity (Wildman–Crippen MR) is 49.3 cm³/mol. The number of carbonyl (C=O) groups is 1. The van der Waals surface area contributed by atoms with Gasteiger partial charge in [0.05, 0.1) is 0 Å². The maximum Gasteiger partial charge on any atom is 0.272 e. The third kappa shape index (κ3) is 6.54. The highest BCUT2D eigenvalue weighted by atomic mass is 16.5. The molecule has 1 atom stereocenters. The van der Waals surface area contributed by atoms with Gasteiger partial charge in [-0.15, -0.1) is 0 Å². The Balaban J connectivity index is 3.26. The first-order valence-electron chi connectivity index (χ1n) is 4.84. The van der Waals surface area contributed by atoms with Crippen LogP contribution >= 0.6 is 0 Å². The van der Waals surface area contributed by atoms with Crippen LogP contribution in [0.15, 0.2) is 0 Å². The quantitative estimate of drug-likeness (QED) is 0.320. The summed E-state index contributed by atoms with van der Waals surface area (Å²) in [6, 6.07) is 0. The monoisotopic (exact) mass is 189 g/mol. The highest BCUT2D eigenvalue weighted by Crippen LogP contribution is 2.07. The number of aliphatic hydroxyl groups excluding tert-OH is 1. The molecule has 1 unspecified atom stereocenters. The Morgan fingerprint density at radius 1 is 1.31 bits per heavy atom. The molecule has 0 spiro atoms. The van der Waals surface area contributed by atoms with Crippen molar-refractivity contribution in [1.82, 2.24) is 5.48 Å². The maximum absolute atomic E-state index is 10.6. The Kier molecular flexibility index (Phi) is 7.63. The van der Waals surface area contributed by atoms with Crippen LogP contribution in [0.2, 0.25) is 0 Å². The molecule has 0 aromatic rings. The van der Waals surface area contributed by atoms with E-state index in [0.29, 0.717) is 6.42 Å². The third-order valence-corrected chi connectivity index (χ3v) is 1.99. The largest absolute Gasteiger partial charge is 0.383 e. The number of hydroxylamine groups is 1. The van der Waals surface area contributed by atoms with Gasteiger partial charge in [0, 0.05) is 0 Å². The molecule has 0 aliphatic carbocycles. The van der Waals surface area contributed by atoms with Gasteiger partial charge in [-0.25, -0.2) is 5.48 Å². The van der Waals surface area contributed by atoms with Gasteiger partial charge < -0.3 is 5.11 Å². The second kappa shape index (κ2) is 8.01. The van der Waals surface area contributed by atoms with Crippen LogP contribution in [0.3, 0.4) is 0 Å². The van der Waals surface area contributed by atoms with Crippen LogP contribution in [0.1, 0.15) is 45.4 Å². The Hall–Kier alpha value is -0.610. The lowest BCUT2D eigenvalue weighted by Crippen LogP contribution is -2.31. The normalized spacial score (nSPS) is 12.5. The van der Waals surface area contributed by atoms with E-state index in [4.69, 9.17) is 10.3 Å². The van der Waals surface area contributed by atoms with Crippen molar-refractivity contribution in [2.75, 3.05) is 0 Å². The van der Waals surface area contributed by atoms with Crippen LogP contribution in [-0.4, -0.2) is 22.3 Å². The molecule has 0 fully saturated rings. The minimum absolute atomic E-state index is 0.427. The van der Waals surface area contributed by atoms with E-state index in [9.17, 15) is 4.79 Å². The van der Waals surface area contributed by atoms with Crippen molar-refractivity contribution in [1.29, 1.82) is 0 Å². The van der Waals surface area contributed by atoms with E-state index in [0.717, 1.165) is 19.3 Å². The van der Waals surface area contributed by atoms with E-state index in [2.05, 4.69) is 6.92 Å². The molecule has 0 aliphatic heterocycles. The molecule has 0 heterocycles. The Labute approximate surface area is 78.9 Å². The Bertz CT molecular complexity index is 139. The minimum Gasteiger partial charge on any atom is -0.383 e. The summed E-state index contributed by atoms with van der Waals surface area (Å²) in [6.45, 7) is 2.13. The van der Waals surface area contributed by atoms with E-state index < -0.39 is 12.0 Å². The van der Waals surface area contributed by atoms with Crippen LogP contribution in [0.25, 0.3) is 0 Å². The number of amides is 1. The van der Waals surface area contributed by atoms with Crippen molar-refractivity contribution in [3.05, 3.63) is 0 Å². The Morgan fingerprint density at radius 2 is 1.92 bits per heavy atom. The zero-order valence-corrected chi connectivity index (χ0v) is 8.12. The fourth-order valence-electron chi connectivity index (χ4n) is 1.15. The lowest BCUT2D eigenvalue weighted by molar-refractivity contribution is -0.138. The number of aliphatic hydroxyl groups is 1. The molecule has 13 heavy (non-hydrogen) atoms. The van der Waals surface area contributed by atoms with Crippen molar-refractivity contribution in [2.45, 2.75) is 51.6 Å². The molecule has 0 rings (SSSR count). The molecule has 0 saturated carbocycles. The van der Waals surface area contributed by atoms with Gasteiger partial charge in [-0.05, 0) is 6.42 Å². The van der Waals surface area contributed by atoms with Gasteiger partial charge in [-0.3, -0.25) is 10.0 Å². The van der Waals surface area contributed by atoms with Gasteiger partial charge in [-0.2, -0.15) is 0 Å². The SMILES string of the molecule is CCCCCCCC(O)C(=O)NO. The second-order valence-corrected chi connectivity index (χ2v) is 3.19. The van der Waals surface area contributed by atoms with Gasteiger partial charge in [-0.1, -0.05) is 39.0 Å². The molecule has 4 nitrogen and oxygen atoms in total. The minimum atomic E-state index is -1.06. The van der Waals surface area contributed by atoms with Crippen molar-refractivity contribution >= 4 is 5.91 Å². The molecule has 0 aromatic heterocycles. The molecule has 0 aromatic carbocycles. The zero-order valence-electron chi connectivity index (χ0n) is 8.12. The van der Waals surface area contributed by atoms with Crippen LogP contribution in [0, 0.1) is 0 Å².